The minimum absolute atomic E-state index is 0.634. The summed E-state index contributed by atoms with van der Waals surface area (Å²) in [6.45, 7) is 4.90. The third-order valence-corrected chi connectivity index (χ3v) is 3.58. The Hall–Kier alpha value is -1.18. The second-order valence-corrected chi connectivity index (χ2v) is 5.05. The Balaban J connectivity index is 2.04. The number of H-pyrrole nitrogens is 1. The number of fused-ring (bicyclic) bond motifs is 1. The second kappa shape index (κ2) is 7.01. The summed E-state index contributed by atoms with van der Waals surface area (Å²) < 4.78 is 15.2. The smallest absolute Gasteiger partial charge is 0.179 e. The van der Waals surface area contributed by atoms with E-state index < -0.39 is 0 Å². The van der Waals surface area contributed by atoms with Gasteiger partial charge in [0, 0.05) is 27.3 Å². The number of imidazole rings is 1. The van der Waals surface area contributed by atoms with E-state index in [4.69, 9.17) is 21.7 Å². The number of nitrogens with one attached hydrogen (secondary N) is 1. The number of hydrogen-bond acceptors (Lipinski definition) is 4. The first-order chi connectivity index (χ1) is 9.69. The molecule has 7 heteroatoms. The molecule has 0 saturated heterocycles. The largest absolute Gasteiger partial charge is 0.382 e. The summed E-state index contributed by atoms with van der Waals surface area (Å²) in [7, 11) is 3.63. The van der Waals surface area contributed by atoms with Crippen molar-refractivity contribution in [2.24, 2.45) is 7.05 Å². The molecule has 2 aromatic heterocycles. The second-order valence-electron chi connectivity index (χ2n) is 4.66. The standard InChI is InChI=1S/C13H22N4O2S/c1-4-10-11-12(16(2)15-10)17(13(20)14-11)6-5-7-19-9-8-18-3/h4-9H2,1-3H3,(H,14,20). The molecule has 0 aliphatic rings. The Morgan fingerprint density at radius 1 is 1.30 bits per heavy atom. The third kappa shape index (κ3) is 3.11. The van der Waals surface area contributed by atoms with Crippen molar-refractivity contribution in [1.29, 1.82) is 0 Å². The molecule has 0 aliphatic carbocycles. The summed E-state index contributed by atoms with van der Waals surface area (Å²) in [5.41, 5.74) is 3.17. The van der Waals surface area contributed by atoms with Crippen molar-refractivity contribution in [3.8, 4) is 0 Å². The lowest BCUT2D eigenvalue weighted by Crippen LogP contribution is -2.08. The van der Waals surface area contributed by atoms with Gasteiger partial charge in [-0.05, 0) is 25.1 Å². The molecule has 0 amide bonds. The molecule has 1 N–H and O–H groups in total. The van der Waals surface area contributed by atoms with Crippen molar-refractivity contribution >= 4 is 23.4 Å². The van der Waals surface area contributed by atoms with Gasteiger partial charge in [-0.25, -0.2) is 0 Å². The predicted octanol–water partition coefficient (Wildman–Crippen LogP) is 2.05. The Kier molecular flexibility index (Phi) is 5.33. The van der Waals surface area contributed by atoms with E-state index in [1.807, 2.05) is 11.7 Å². The van der Waals surface area contributed by atoms with E-state index >= 15 is 0 Å². The lowest BCUT2D eigenvalue weighted by molar-refractivity contribution is 0.0680. The minimum atomic E-state index is 0.634. The van der Waals surface area contributed by atoms with Crippen LogP contribution in [-0.4, -0.2) is 46.3 Å². The highest BCUT2D eigenvalue weighted by atomic mass is 32.1. The first kappa shape index (κ1) is 15.2. The first-order valence-corrected chi connectivity index (χ1v) is 7.31. The number of methoxy groups -OCH3 is 1. The highest BCUT2D eigenvalue weighted by Gasteiger charge is 2.13. The summed E-state index contributed by atoms with van der Waals surface area (Å²) in [6, 6.07) is 0. The predicted molar refractivity (Wildman–Crippen MR) is 80.6 cm³/mol. The maximum atomic E-state index is 5.48. The maximum absolute atomic E-state index is 5.48. The van der Waals surface area contributed by atoms with Crippen LogP contribution in [0, 0.1) is 4.77 Å². The normalized spacial score (nSPS) is 11.6. The molecule has 2 rings (SSSR count). The molecule has 0 atom stereocenters. The van der Waals surface area contributed by atoms with E-state index in [0.29, 0.717) is 19.8 Å². The van der Waals surface area contributed by atoms with Gasteiger partial charge in [0.25, 0.3) is 0 Å². The van der Waals surface area contributed by atoms with Gasteiger partial charge in [-0.1, -0.05) is 6.92 Å². The molecule has 6 nitrogen and oxygen atoms in total. The van der Waals surface area contributed by atoms with Crippen LogP contribution in [0.25, 0.3) is 11.2 Å². The number of aryl methyl sites for hydroxylation is 3. The molecule has 0 radical (unpaired) electrons. The molecule has 20 heavy (non-hydrogen) atoms. The van der Waals surface area contributed by atoms with Crippen LogP contribution in [0.1, 0.15) is 19.0 Å². The van der Waals surface area contributed by atoms with Crippen molar-refractivity contribution in [2.45, 2.75) is 26.3 Å². The van der Waals surface area contributed by atoms with E-state index in [1.54, 1.807) is 7.11 Å². The Labute approximate surface area is 123 Å². The number of nitrogens with zero attached hydrogens (tertiary/aromatic N) is 3. The summed E-state index contributed by atoms with van der Waals surface area (Å²) in [5, 5.41) is 4.51. The summed E-state index contributed by atoms with van der Waals surface area (Å²) >= 11 is 5.40. The molecule has 2 aromatic rings. The van der Waals surface area contributed by atoms with Gasteiger partial charge in [-0.3, -0.25) is 4.68 Å². The van der Waals surface area contributed by atoms with Crippen LogP contribution in [0.15, 0.2) is 0 Å². The molecule has 0 bridgehead atoms. The molecule has 112 valence electrons. The topological polar surface area (TPSA) is 57.0 Å². The number of ether oxygens (including phenoxy) is 2. The van der Waals surface area contributed by atoms with Crippen molar-refractivity contribution < 1.29 is 9.47 Å². The van der Waals surface area contributed by atoms with Gasteiger partial charge in [0.1, 0.15) is 5.52 Å². The van der Waals surface area contributed by atoms with Crippen LogP contribution >= 0.6 is 12.2 Å². The fraction of sp³-hybridized carbons (Fsp3) is 0.692. The van der Waals surface area contributed by atoms with E-state index in [9.17, 15) is 0 Å². The number of rotatable bonds is 8. The third-order valence-electron chi connectivity index (χ3n) is 3.26. The monoisotopic (exact) mass is 298 g/mol. The molecule has 0 spiro atoms. The molecular weight excluding hydrogens is 276 g/mol. The Morgan fingerprint density at radius 2 is 2.10 bits per heavy atom. The Morgan fingerprint density at radius 3 is 2.80 bits per heavy atom. The average Bonchev–Trinajstić information content (AvgIpc) is 2.91. The summed E-state index contributed by atoms with van der Waals surface area (Å²) in [5.74, 6) is 0. The van der Waals surface area contributed by atoms with Gasteiger partial charge >= 0.3 is 0 Å². The van der Waals surface area contributed by atoms with E-state index in [2.05, 4.69) is 21.6 Å². The van der Waals surface area contributed by atoms with Crippen LogP contribution in [0.4, 0.5) is 0 Å². The zero-order valence-corrected chi connectivity index (χ0v) is 13.1. The maximum Gasteiger partial charge on any atom is 0.179 e. The highest BCUT2D eigenvalue weighted by Crippen LogP contribution is 2.18. The van der Waals surface area contributed by atoms with Gasteiger partial charge in [0.2, 0.25) is 0 Å². The zero-order valence-electron chi connectivity index (χ0n) is 12.3. The number of aromatic nitrogens is 4. The zero-order chi connectivity index (χ0) is 14.5. The van der Waals surface area contributed by atoms with Crippen molar-refractivity contribution in [1.82, 2.24) is 19.3 Å². The van der Waals surface area contributed by atoms with Crippen LogP contribution in [0.3, 0.4) is 0 Å². The quantitative estimate of drug-likeness (QED) is 0.598. The molecule has 0 unspecified atom stereocenters. The van der Waals surface area contributed by atoms with Gasteiger partial charge in [-0.15, -0.1) is 0 Å². The van der Waals surface area contributed by atoms with Crippen LogP contribution in [-0.2, 0) is 29.5 Å². The van der Waals surface area contributed by atoms with Crippen LogP contribution in [0.5, 0.6) is 0 Å². The van der Waals surface area contributed by atoms with Gasteiger partial charge in [-0.2, -0.15) is 5.10 Å². The number of hydrogen-bond donors (Lipinski definition) is 1. The average molecular weight is 298 g/mol. The molecular formula is C13H22N4O2S. The van der Waals surface area contributed by atoms with Crippen molar-refractivity contribution in [2.75, 3.05) is 26.9 Å². The summed E-state index contributed by atoms with van der Waals surface area (Å²) in [6.07, 6.45) is 1.81. The number of aromatic amines is 1. The minimum Gasteiger partial charge on any atom is -0.382 e. The van der Waals surface area contributed by atoms with E-state index in [-0.39, 0.29) is 0 Å². The van der Waals surface area contributed by atoms with Gasteiger partial charge < -0.3 is 19.0 Å². The first-order valence-electron chi connectivity index (χ1n) is 6.90. The highest BCUT2D eigenvalue weighted by molar-refractivity contribution is 7.71. The molecule has 0 fully saturated rings. The van der Waals surface area contributed by atoms with E-state index in [0.717, 1.165) is 41.0 Å². The van der Waals surface area contributed by atoms with Gasteiger partial charge in [0.15, 0.2) is 10.4 Å². The van der Waals surface area contributed by atoms with Crippen LogP contribution in [0.2, 0.25) is 0 Å². The lowest BCUT2D eigenvalue weighted by Gasteiger charge is -2.06. The van der Waals surface area contributed by atoms with Gasteiger partial charge in [0.05, 0.1) is 18.9 Å². The fourth-order valence-corrected chi connectivity index (χ4v) is 2.58. The Bertz CT molecular complexity index is 614. The fourth-order valence-electron chi connectivity index (χ4n) is 2.30. The molecule has 0 saturated carbocycles. The molecule has 0 aliphatic heterocycles. The SMILES string of the molecule is CCc1nn(C)c2c1[nH]c(=S)n2CCCOCCOC. The van der Waals surface area contributed by atoms with Crippen molar-refractivity contribution in [3.05, 3.63) is 10.5 Å². The molecule has 0 aromatic carbocycles. The summed E-state index contributed by atoms with van der Waals surface area (Å²) in [4.78, 5) is 3.26. The van der Waals surface area contributed by atoms with E-state index in [1.165, 1.54) is 0 Å². The van der Waals surface area contributed by atoms with Crippen LogP contribution < -0.4 is 0 Å². The lowest BCUT2D eigenvalue weighted by atomic mass is 10.3. The molecule has 2 heterocycles. The van der Waals surface area contributed by atoms with Crippen molar-refractivity contribution in [3.63, 3.8) is 0 Å².